The number of aliphatic hydroxyl groups is 1. The molecule has 1 atom stereocenters. The fourth-order valence-electron chi connectivity index (χ4n) is 1.23. The van der Waals surface area contributed by atoms with E-state index in [9.17, 15) is 13.9 Å². The summed E-state index contributed by atoms with van der Waals surface area (Å²) in [5, 5.41) is 14.6. The summed E-state index contributed by atoms with van der Waals surface area (Å²) in [5.41, 5.74) is 0.302. The van der Waals surface area contributed by atoms with Crippen LogP contribution in [0, 0.1) is 0 Å². The van der Waals surface area contributed by atoms with Crippen molar-refractivity contribution in [3.8, 4) is 0 Å². The van der Waals surface area contributed by atoms with Crippen LogP contribution in [0.2, 0.25) is 0 Å². The Bertz CT molecular complexity index is 416. The molecule has 0 saturated carbocycles. The van der Waals surface area contributed by atoms with Crippen molar-refractivity contribution in [1.82, 2.24) is 0 Å². The Kier molecular flexibility index (Phi) is 3.02. The number of nitrogens with zero attached hydrogens (tertiary/aromatic N) is 1. The Labute approximate surface area is 94.7 Å². The summed E-state index contributed by atoms with van der Waals surface area (Å²) < 4.78 is 24.7. The Balaban J connectivity index is 1.99. The number of hydrogen-bond acceptors (Lipinski definition) is 4. The number of halogens is 2. The topological polar surface area (TPSA) is 41.8 Å². The van der Waals surface area contributed by atoms with E-state index in [-0.39, 0.29) is 6.42 Å². The zero-order chi connectivity index (χ0) is 11.6. The molecule has 1 aromatic rings. The van der Waals surface area contributed by atoms with E-state index in [2.05, 4.69) is 9.99 Å². The van der Waals surface area contributed by atoms with Crippen molar-refractivity contribution in [1.29, 1.82) is 0 Å². The third-order valence-electron chi connectivity index (χ3n) is 2.08. The van der Waals surface area contributed by atoms with E-state index in [1.165, 1.54) is 11.3 Å². The van der Waals surface area contributed by atoms with Gasteiger partial charge < -0.3 is 9.94 Å². The fourth-order valence-corrected chi connectivity index (χ4v) is 1.85. The summed E-state index contributed by atoms with van der Waals surface area (Å²) >= 11 is 1.52. The molecule has 0 amide bonds. The van der Waals surface area contributed by atoms with Gasteiger partial charge in [-0.1, -0.05) is 11.2 Å². The molecule has 0 aromatic carbocycles. The smallest absolute Gasteiger partial charge is 0.305 e. The molecule has 86 valence electrons. The second-order valence-corrected chi connectivity index (χ2v) is 4.32. The first kappa shape index (κ1) is 11.2. The van der Waals surface area contributed by atoms with Gasteiger partial charge in [0.15, 0.2) is 0 Å². The molecule has 2 heterocycles. The van der Waals surface area contributed by atoms with E-state index in [0.29, 0.717) is 5.71 Å². The van der Waals surface area contributed by atoms with Gasteiger partial charge in [-0.2, -0.15) is 0 Å². The van der Waals surface area contributed by atoms with Crippen LogP contribution in [0.25, 0.3) is 6.08 Å². The molecule has 16 heavy (non-hydrogen) atoms. The number of oxime groups is 1. The molecule has 6 heteroatoms. The van der Waals surface area contributed by atoms with Crippen LogP contribution >= 0.6 is 11.3 Å². The quantitative estimate of drug-likeness (QED) is 0.888. The van der Waals surface area contributed by atoms with Crippen LogP contribution in [0.4, 0.5) is 8.78 Å². The van der Waals surface area contributed by atoms with Crippen molar-refractivity contribution in [3.05, 3.63) is 28.5 Å². The highest BCUT2D eigenvalue weighted by molar-refractivity contribution is 7.10. The monoisotopic (exact) mass is 245 g/mol. The lowest BCUT2D eigenvalue weighted by Gasteiger charge is -2.17. The van der Waals surface area contributed by atoms with Crippen molar-refractivity contribution in [2.24, 2.45) is 5.16 Å². The summed E-state index contributed by atoms with van der Waals surface area (Å²) in [6, 6.07) is 3.77. The van der Waals surface area contributed by atoms with Crippen molar-refractivity contribution in [3.63, 3.8) is 0 Å². The first-order valence-corrected chi connectivity index (χ1v) is 5.45. The van der Waals surface area contributed by atoms with Crippen LogP contribution in [0.1, 0.15) is 11.3 Å². The Hall–Kier alpha value is -1.27. The molecule has 3 nitrogen and oxygen atoms in total. The maximum absolute atomic E-state index is 12.3. The average Bonchev–Trinajstić information content (AvgIpc) is 2.85. The molecule has 1 N–H and O–H groups in total. The van der Waals surface area contributed by atoms with Crippen LogP contribution in [0.15, 0.2) is 28.7 Å². The minimum Gasteiger partial charge on any atom is -0.353 e. The summed E-state index contributed by atoms with van der Waals surface area (Å²) in [4.78, 5) is 5.31. The van der Waals surface area contributed by atoms with Gasteiger partial charge in [0, 0.05) is 4.88 Å². The van der Waals surface area contributed by atoms with Gasteiger partial charge in [-0.05, 0) is 23.6 Å². The fraction of sp³-hybridized carbons (Fsp3) is 0.300. The highest BCUT2D eigenvalue weighted by Crippen LogP contribution is 2.28. The minimum absolute atomic E-state index is 0.299. The van der Waals surface area contributed by atoms with Crippen LogP contribution in [-0.4, -0.2) is 23.0 Å². The van der Waals surface area contributed by atoms with Crippen LogP contribution < -0.4 is 0 Å². The number of allylic oxidation sites excluding steroid dienone is 1. The normalized spacial score (nSPS) is 25.1. The Morgan fingerprint density at radius 2 is 2.38 bits per heavy atom. The van der Waals surface area contributed by atoms with Gasteiger partial charge in [-0.25, -0.2) is 8.78 Å². The first-order valence-electron chi connectivity index (χ1n) is 4.57. The molecule has 1 unspecified atom stereocenters. The van der Waals surface area contributed by atoms with E-state index in [1.54, 1.807) is 12.2 Å². The third-order valence-corrected chi connectivity index (χ3v) is 2.92. The highest BCUT2D eigenvalue weighted by atomic mass is 32.1. The summed E-state index contributed by atoms with van der Waals surface area (Å²) in [6.45, 7) is 0. The van der Waals surface area contributed by atoms with Crippen LogP contribution in [0.5, 0.6) is 0 Å². The second kappa shape index (κ2) is 4.31. The molecule has 0 fully saturated rings. The molecule has 2 rings (SSSR count). The largest absolute Gasteiger partial charge is 0.353 e. The molecular formula is C10H9F2NO2S. The summed E-state index contributed by atoms with van der Waals surface area (Å²) in [7, 11) is 0. The third kappa shape index (κ3) is 2.28. The Morgan fingerprint density at radius 1 is 1.56 bits per heavy atom. The lowest BCUT2D eigenvalue weighted by molar-refractivity contribution is -0.253. The summed E-state index contributed by atoms with van der Waals surface area (Å²) in [5.74, 6) is -2.46. The molecule has 0 bridgehead atoms. The van der Waals surface area contributed by atoms with Gasteiger partial charge in [-0.3, -0.25) is 0 Å². The Morgan fingerprint density at radius 3 is 2.94 bits per heavy atom. The molecule has 1 aromatic heterocycles. The van der Waals surface area contributed by atoms with Gasteiger partial charge in [0.05, 0.1) is 12.1 Å². The van der Waals surface area contributed by atoms with Crippen molar-refractivity contribution in [2.75, 3.05) is 0 Å². The van der Waals surface area contributed by atoms with Gasteiger partial charge in [-0.15, -0.1) is 11.3 Å². The van der Waals surface area contributed by atoms with Crippen LogP contribution in [-0.2, 0) is 4.84 Å². The molecule has 0 radical (unpaired) electrons. The number of thiophene rings is 1. The summed E-state index contributed by atoms with van der Waals surface area (Å²) in [6.07, 6.45) is 0.0342. The van der Waals surface area contributed by atoms with Gasteiger partial charge in [0.1, 0.15) is 0 Å². The lowest BCUT2D eigenvalue weighted by atomic mass is 10.1. The van der Waals surface area contributed by atoms with E-state index < -0.39 is 12.2 Å². The predicted octanol–water partition coefficient (Wildman–Crippen LogP) is 2.49. The van der Waals surface area contributed by atoms with Crippen LogP contribution in [0.3, 0.4) is 0 Å². The minimum atomic E-state index is -2.97. The second-order valence-electron chi connectivity index (χ2n) is 3.34. The van der Waals surface area contributed by atoms with E-state index in [0.717, 1.165) is 4.88 Å². The number of hydrogen-bond donors (Lipinski definition) is 1. The van der Waals surface area contributed by atoms with Gasteiger partial charge in [0.25, 0.3) is 0 Å². The number of alkyl halides is 2. The standard InChI is InChI=1S/C10H9F2NO2S/c11-9(12)10(14)6-7(13-15-10)3-4-8-2-1-5-16-8/h1-5,9,14H,6H2. The van der Waals surface area contributed by atoms with E-state index in [1.807, 2.05) is 17.5 Å². The maximum atomic E-state index is 12.3. The zero-order valence-electron chi connectivity index (χ0n) is 8.14. The highest BCUT2D eigenvalue weighted by Gasteiger charge is 2.45. The first-order chi connectivity index (χ1) is 7.60. The molecule has 0 spiro atoms. The predicted molar refractivity (Wildman–Crippen MR) is 57.4 cm³/mol. The lowest BCUT2D eigenvalue weighted by Crippen LogP contribution is -2.36. The number of rotatable bonds is 3. The molecular weight excluding hydrogens is 236 g/mol. The molecule has 1 aliphatic heterocycles. The van der Waals surface area contributed by atoms with Crippen molar-refractivity contribution in [2.45, 2.75) is 18.6 Å². The van der Waals surface area contributed by atoms with Gasteiger partial charge >= 0.3 is 12.2 Å². The van der Waals surface area contributed by atoms with Crippen molar-refractivity contribution < 1.29 is 18.7 Å². The maximum Gasteiger partial charge on any atom is 0.305 e. The van der Waals surface area contributed by atoms with E-state index in [4.69, 9.17) is 0 Å². The molecule has 1 aliphatic rings. The van der Waals surface area contributed by atoms with Gasteiger partial charge in [0.2, 0.25) is 0 Å². The average molecular weight is 245 g/mol. The molecule has 0 aliphatic carbocycles. The van der Waals surface area contributed by atoms with E-state index >= 15 is 0 Å². The zero-order valence-corrected chi connectivity index (χ0v) is 8.95. The SMILES string of the molecule is OC1(C(F)F)CC(C=Cc2cccs2)=NO1. The van der Waals surface area contributed by atoms with Crippen molar-refractivity contribution >= 4 is 23.1 Å². The molecule has 0 saturated heterocycles.